The molecule has 1 fully saturated rings. The van der Waals surface area contributed by atoms with E-state index in [0.29, 0.717) is 19.3 Å². The van der Waals surface area contributed by atoms with Crippen molar-refractivity contribution in [2.75, 3.05) is 13.2 Å². The number of aliphatic carboxylic acids is 1. The zero-order valence-electron chi connectivity index (χ0n) is 50.6. The Morgan fingerprint density at radius 3 is 1.19 bits per heavy atom. The minimum atomic E-state index is -1.91. The molecule has 12 nitrogen and oxygen atoms in total. The van der Waals surface area contributed by atoms with Gasteiger partial charge in [0.05, 0.1) is 6.61 Å². The maximum atomic E-state index is 13.1. The van der Waals surface area contributed by atoms with Crippen LogP contribution in [0, 0.1) is 0 Å². The average molecular weight is 1120 g/mol. The fourth-order valence-corrected chi connectivity index (χ4v) is 9.97. The highest BCUT2D eigenvalue weighted by atomic mass is 16.7. The number of aliphatic hydroxyl groups is 2. The highest BCUT2D eigenvalue weighted by Crippen LogP contribution is 2.27. The Balaban J connectivity index is 2.64. The molecule has 1 saturated heterocycles. The number of carboxylic acid groups (broad SMARTS) is 1. The Kier molecular flexibility index (Phi) is 51.5. The number of esters is 3. The molecular weight excluding hydrogens is 997 g/mol. The second kappa shape index (κ2) is 55.2. The molecular formula is C67H118O12. The van der Waals surface area contributed by atoms with Crippen LogP contribution in [0.5, 0.6) is 0 Å². The van der Waals surface area contributed by atoms with Crippen LogP contribution in [0.2, 0.25) is 0 Å². The molecule has 79 heavy (non-hydrogen) atoms. The molecule has 0 aromatic carbocycles. The SMILES string of the molecule is CC/C=C\C/C=C\C/C=C\C/C=C\CCC(=O)OC(COC(=O)CCCCCCCCCCCCCCCCCCC)COC1OC(C(=O)O)C(O)C(O)C1OC(=O)CCCCCCCCCCCCCCCCCCCCC. The van der Waals surface area contributed by atoms with Crippen LogP contribution in [0.3, 0.4) is 0 Å². The normalized spacial score (nSPS) is 18.1. The maximum Gasteiger partial charge on any atom is 0.335 e. The zero-order chi connectivity index (χ0) is 57.5. The molecule has 1 heterocycles. The van der Waals surface area contributed by atoms with E-state index in [0.717, 1.165) is 70.6 Å². The molecule has 0 aromatic rings. The van der Waals surface area contributed by atoms with Gasteiger partial charge >= 0.3 is 23.9 Å². The van der Waals surface area contributed by atoms with Gasteiger partial charge in [-0.05, 0) is 44.9 Å². The van der Waals surface area contributed by atoms with E-state index < -0.39 is 67.3 Å². The van der Waals surface area contributed by atoms with Crippen LogP contribution in [0.4, 0.5) is 0 Å². The Morgan fingerprint density at radius 2 is 0.797 bits per heavy atom. The molecule has 458 valence electrons. The fraction of sp³-hybridized carbons (Fsp3) is 0.821. The quantitative estimate of drug-likeness (QED) is 0.0228. The third-order valence-electron chi connectivity index (χ3n) is 14.9. The van der Waals surface area contributed by atoms with Crippen molar-refractivity contribution in [1.82, 2.24) is 0 Å². The molecule has 1 aliphatic rings. The molecule has 1 aliphatic heterocycles. The summed E-state index contributed by atoms with van der Waals surface area (Å²) in [6, 6.07) is 0. The summed E-state index contributed by atoms with van der Waals surface area (Å²) in [5, 5.41) is 31.6. The minimum absolute atomic E-state index is 0.0452. The summed E-state index contributed by atoms with van der Waals surface area (Å²) >= 11 is 0. The number of unbranched alkanes of at least 4 members (excludes halogenated alkanes) is 34. The molecule has 0 amide bonds. The van der Waals surface area contributed by atoms with Crippen molar-refractivity contribution in [2.45, 2.75) is 340 Å². The fourth-order valence-electron chi connectivity index (χ4n) is 9.97. The molecule has 0 saturated carbocycles. The lowest BCUT2D eigenvalue weighted by Gasteiger charge is -2.40. The zero-order valence-corrected chi connectivity index (χ0v) is 50.6. The lowest BCUT2D eigenvalue weighted by Crippen LogP contribution is -2.61. The van der Waals surface area contributed by atoms with Crippen molar-refractivity contribution >= 4 is 23.9 Å². The van der Waals surface area contributed by atoms with E-state index in [1.54, 1.807) is 0 Å². The Morgan fingerprint density at radius 1 is 0.430 bits per heavy atom. The number of carboxylic acids is 1. The van der Waals surface area contributed by atoms with Gasteiger partial charge < -0.3 is 39.0 Å². The molecule has 0 spiro atoms. The van der Waals surface area contributed by atoms with E-state index in [9.17, 15) is 34.5 Å². The van der Waals surface area contributed by atoms with Gasteiger partial charge in [-0.25, -0.2) is 4.79 Å². The summed E-state index contributed by atoms with van der Waals surface area (Å²) in [6.45, 7) is 5.87. The van der Waals surface area contributed by atoms with Crippen molar-refractivity contribution in [3.63, 3.8) is 0 Å². The first-order chi connectivity index (χ1) is 38.6. The van der Waals surface area contributed by atoms with E-state index in [1.807, 2.05) is 12.2 Å². The number of hydrogen-bond donors (Lipinski definition) is 3. The Labute approximate surface area is 482 Å². The predicted molar refractivity (Wildman–Crippen MR) is 322 cm³/mol. The molecule has 6 atom stereocenters. The first kappa shape index (κ1) is 73.7. The molecule has 3 N–H and O–H groups in total. The largest absolute Gasteiger partial charge is 0.479 e. The van der Waals surface area contributed by atoms with Gasteiger partial charge in [0.15, 0.2) is 24.6 Å². The molecule has 0 bridgehead atoms. The first-order valence-electron chi connectivity index (χ1n) is 32.6. The number of hydrogen-bond acceptors (Lipinski definition) is 11. The van der Waals surface area contributed by atoms with Gasteiger partial charge in [-0.3, -0.25) is 14.4 Å². The Bertz CT molecular complexity index is 1560. The third kappa shape index (κ3) is 45.0. The highest BCUT2D eigenvalue weighted by molar-refractivity contribution is 5.74. The number of rotatable bonds is 56. The van der Waals surface area contributed by atoms with Crippen LogP contribution in [0.1, 0.15) is 303 Å². The summed E-state index contributed by atoms with van der Waals surface area (Å²) in [5.41, 5.74) is 0. The highest BCUT2D eigenvalue weighted by Gasteiger charge is 2.50. The number of carbonyl (C=O) groups excluding carboxylic acids is 3. The monoisotopic (exact) mass is 1110 g/mol. The predicted octanol–water partition coefficient (Wildman–Crippen LogP) is 17.3. The second-order valence-electron chi connectivity index (χ2n) is 22.4. The molecule has 6 unspecified atom stereocenters. The van der Waals surface area contributed by atoms with E-state index in [-0.39, 0.29) is 25.9 Å². The summed E-state index contributed by atoms with van der Waals surface area (Å²) in [7, 11) is 0. The van der Waals surface area contributed by atoms with Gasteiger partial charge in [-0.2, -0.15) is 0 Å². The summed E-state index contributed by atoms with van der Waals surface area (Å²) in [4.78, 5) is 51.2. The molecule has 0 aromatic heterocycles. The molecule has 0 radical (unpaired) electrons. The molecule has 0 aliphatic carbocycles. The number of ether oxygens (including phenoxy) is 5. The number of aliphatic hydroxyl groups excluding tert-OH is 2. The van der Waals surface area contributed by atoms with Gasteiger partial charge in [0.1, 0.15) is 18.8 Å². The van der Waals surface area contributed by atoms with Gasteiger partial charge in [0.2, 0.25) is 0 Å². The van der Waals surface area contributed by atoms with Gasteiger partial charge in [0, 0.05) is 19.3 Å². The van der Waals surface area contributed by atoms with E-state index in [4.69, 9.17) is 23.7 Å². The summed E-state index contributed by atoms with van der Waals surface area (Å²) in [6.07, 6.45) is 55.3. The lowest BCUT2D eigenvalue weighted by atomic mass is 9.98. The summed E-state index contributed by atoms with van der Waals surface area (Å²) in [5.74, 6) is -3.20. The van der Waals surface area contributed by atoms with Gasteiger partial charge in [-0.1, -0.05) is 288 Å². The molecule has 1 rings (SSSR count). The maximum absolute atomic E-state index is 13.1. The van der Waals surface area contributed by atoms with Crippen molar-refractivity contribution in [2.24, 2.45) is 0 Å². The standard InChI is InChI=1S/C67H118O12/c1-4-7-10-13-16-19-22-25-27-29-30-32-34-37-40-43-46-49-52-55-61(70)78-65-63(72)62(71)64(66(73)74)79-67(65)76-57-58(77-60(69)54-51-48-45-42-39-35-24-21-18-15-12-9-6-3)56-75-59(68)53-50-47-44-41-38-36-33-31-28-26-23-20-17-14-11-8-5-2/h9,12,18,21,35,39,45,48,58,62-65,67,71-72H,4-8,10-11,13-17,19-20,22-34,36-38,40-44,46-47,49-57H2,1-3H3,(H,73,74)/b12-9-,21-18-,39-35-,48-45-. The van der Waals surface area contributed by atoms with E-state index in [1.165, 1.54) is 173 Å². The van der Waals surface area contributed by atoms with Crippen LogP contribution in [-0.2, 0) is 42.9 Å². The third-order valence-corrected chi connectivity index (χ3v) is 14.9. The van der Waals surface area contributed by atoms with E-state index in [2.05, 4.69) is 57.2 Å². The van der Waals surface area contributed by atoms with E-state index >= 15 is 0 Å². The second-order valence-corrected chi connectivity index (χ2v) is 22.4. The van der Waals surface area contributed by atoms with Crippen molar-refractivity contribution < 1.29 is 58.2 Å². The van der Waals surface area contributed by atoms with Crippen LogP contribution in [-0.4, -0.2) is 89.2 Å². The van der Waals surface area contributed by atoms with Crippen molar-refractivity contribution in [3.05, 3.63) is 48.6 Å². The Hall–Kier alpha value is -3.32. The van der Waals surface area contributed by atoms with Crippen molar-refractivity contribution in [3.8, 4) is 0 Å². The number of allylic oxidation sites excluding steroid dienone is 8. The number of carbonyl (C=O) groups is 4. The lowest BCUT2D eigenvalue weighted by molar-refractivity contribution is -0.301. The smallest absolute Gasteiger partial charge is 0.335 e. The van der Waals surface area contributed by atoms with Crippen LogP contribution >= 0.6 is 0 Å². The van der Waals surface area contributed by atoms with Crippen LogP contribution in [0.15, 0.2) is 48.6 Å². The van der Waals surface area contributed by atoms with Crippen molar-refractivity contribution in [1.29, 1.82) is 0 Å². The van der Waals surface area contributed by atoms with Gasteiger partial charge in [0.25, 0.3) is 0 Å². The van der Waals surface area contributed by atoms with Crippen LogP contribution < -0.4 is 0 Å². The molecule has 12 heteroatoms. The minimum Gasteiger partial charge on any atom is -0.479 e. The van der Waals surface area contributed by atoms with Crippen LogP contribution in [0.25, 0.3) is 0 Å². The topological polar surface area (TPSA) is 175 Å². The first-order valence-corrected chi connectivity index (χ1v) is 32.6. The summed E-state index contributed by atoms with van der Waals surface area (Å²) < 4.78 is 28.4. The van der Waals surface area contributed by atoms with Gasteiger partial charge in [-0.15, -0.1) is 0 Å². The average Bonchev–Trinajstić information content (AvgIpc) is 3.43.